The van der Waals surface area contributed by atoms with Gasteiger partial charge in [0.25, 0.3) is 5.56 Å². The number of aromatic nitrogens is 1. The van der Waals surface area contributed by atoms with Crippen LogP contribution in [0, 0.1) is 13.8 Å². The van der Waals surface area contributed by atoms with E-state index in [0.717, 1.165) is 22.4 Å². The first-order valence-electron chi connectivity index (χ1n) is 4.28. The summed E-state index contributed by atoms with van der Waals surface area (Å²) in [6.45, 7) is 3.80. The highest BCUT2D eigenvalue weighted by Crippen LogP contribution is 2.19. The fourth-order valence-corrected chi connectivity index (χ4v) is 1.41. The van der Waals surface area contributed by atoms with Crippen LogP contribution in [0.5, 0.6) is 0 Å². The Morgan fingerprint density at radius 3 is 2.77 bits per heavy atom. The molecule has 13 heavy (non-hydrogen) atoms. The van der Waals surface area contributed by atoms with E-state index in [0.29, 0.717) is 0 Å². The summed E-state index contributed by atoms with van der Waals surface area (Å²) in [5, 5.41) is 0. The molecule has 0 bridgehead atoms. The van der Waals surface area contributed by atoms with Crippen molar-refractivity contribution >= 4 is 0 Å². The van der Waals surface area contributed by atoms with Gasteiger partial charge in [0.1, 0.15) is 0 Å². The van der Waals surface area contributed by atoms with E-state index >= 15 is 0 Å². The normalized spacial score (nSPS) is 10.6. The molecule has 0 amide bonds. The minimum atomic E-state index is -0.00120. The number of aryl methyl sites for hydroxylation is 1. The van der Waals surface area contributed by atoms with Gasteiger partial charge < -0.3 is 4.98 Å². The van der Waals surface area contributed by atoms with Gasteiger partial charge in [-0.1, -0.05) is 12.1 Å². The Morgan fingerprint density at radius 1 is 1.23 bits per heavy atom. The number of nitrogens with one attached hydrogen (secondary N) is 1. The summed E-state index contributed by atoms with van der Waals surface area (Å²) in [5.41, 5.74) is 3.81. The maximum absolute atomic E-state index is 11.5. The molecule has 1 heterocycles. The van der Waals surface area contributed by atoms with Crippen LogP contribution < -0.4 is 5.56 Å². The lowest BCUT2D eigenvalue weighted by molar-refractivity contribution is 1.21. The van der Waals surface area contributed by atoms with Gasteiger partial charge in [0.2, 0.25) is 0 Å². The van der Waals surface area contributed by atoms with E-state index in [4.69, 9.17) is 0 Å². The zero-order valence-corrected chi connectivity index (χ0v) is 7.72. The molecular weight excluding hydrogens is 162 g/mol. The van der Waals surface area contributed by atoms with Crippen LogP contribution in [0.3, 0.4) is 0 Å². The number of hydrogen-bond acceptors (Lipinski definition) is 1. The average Bonchev–Trinajstić information content (AvgIpc) is 2.47. The quantitative estimate of drug-likeness (QED) is 0.650. The summed E-state index contributed by atoms with van der Waals surface area (Å²) in [7, 11) is 0. The van der Waals surface area contributed by atoms with Crippen molar-refractivity contribution in [1.82, 2.24) is 4.98 Å². The van der Waals surface area contributed by atoms with Gasteiger partial charge >= 0.3 is 0 Å². The molecule has 0 saturated heterocycles. The average molecular weight is 173 g/mol. The lowest BCUT2D eigenvalue weighted by atomic mass is 10.1. The van der Waals surface area contributed by atoms with E-state index in [1.54, 1.807) is 0 Å². The maximum Gasteiger partial charge on any atom is 0.251 e. The van der Waals surface area contributed by atoms with Crippen LogP contribution in [-0.4, -0.2) is 4.98 Å². The Balaban J connectivity index is 2.90. The molecule has 2 heteroatoms. The molecule has 0 unspecified atom stereocenters. The van der Waals surface area contributed by atoms with Gasteiger partial charge in [0.15, 0.2) is 0 Å². The van der Waals surface area contributed by atoms with Crippen LogP contribution in [0.1, 0.15) is 11.1 Å². The van der Waals surface area contributed by atoms with Crippen molar-refractivity contribution in [3.05, 3.63) is 45.7 Å². The Morgan fingerprint density at radius 2 is 2.00 bits per heavy atom. The van der Waals surface area contributed by atoms with E-state index in [-0.39, 0.29) is 5.56 Å². The molecule has 2 aliphatic rings. The lowest BCUT2D eigenvalue weighted by Gasteiger charge is -1.89. The molecule has 0 fully saturated rings. The standard InChI is InChI=1S/C11H11NO/c1-7-6-9-4-3-5-10(9)12-11(13)8(7)2/h3-6H,1-2H3,(H,12,13). The van der Waals surface area contributed by atoms with Crippen molar-refractivity contribution in [2.24, 2.45) is 0 Å². The van der Waals surface area contributed by atoms with Gasteiger partial charge in [-0.3, -0.25) is 4.79 Å². The van der Waals surface area contributed by atoms with Gasteiger partial charge in [0.05, 0.1) is 0 Å². The summed E-state index contributed by atoms with van der Waals surface area (Å²) in [6, 6.07) is 7.88. The topological polar surface area (TPSA) is 32.9 Å². The number of aromatic amines is 1. The first-order chi connectivity index (χ1) is 6.18. The molecule has 0 atom stereocenters. The number of fused-ring (bicyclic) bond motifs is 1. The molecule has 0 saturated carbocycles. The predicted octanol–water partition coefficient (Wildman–Crippen LogP) is 2.10. The van der Waals surface area contributed by atoms with Gasteiger partial charge in [-0.15, -0.1) is 0 Å². The highest BCUT2D eigenvalue weighted by molar-refractivity contribution is 5.62. The van der Waals surface area contributed by atoms with Crippen LogP contribution in [-0.2, 0) is 0 Å². The van der Waals surface area contributed by atoms with Gasteiger partial charge in [-0.05, 0) is 37.1 Å². The minimum absolute atomic E-state index is 0.00120. The first kappa shape index (κ1) is 8.05. The van der Waals surface area contributed by atoms with E-state index < -0.39 is 0 Å². The maximum atomic E-state index is 11.5. The van der Waals surface area contributed by atoms with Crippen molar-refractivity contribution in [3.63, 3.8) is 0 Å². The third kappa shape index (κ3) is 1.24. The third-order valence-electron chi connectivity index (χ3n) is 2.40. The molecule has 66 valence electrons. The predicted molar refractivity (Wildman–Crippen MR) is 53.2 cm³/mol. The van der Waals surface area contributed by atoms with Crippen molar-refractivity contribution in [2.75, 3.05) is 0 Å². The molecule has 2 nitrogen and oxygen atoms in total. The second-order valence-corrected chi connectivity index (χ2v) is 3.30. The molecule has 2 rings (SSSR count). The molecule has 0 radical (unpaired) electrons. The summed E-state index contributed by atoms with van der Waals surface area (Å²) < 4.78 is 0. The summed E-state index contributed by atoms with van der Waals surface area (Å²) in [6.07, 6.45) is 0. The third-order valence-corrected chi connectivity index (χ3v) is 2.40. The monoisotopic (exact) mass is 173 g/mol. The van der Waals surface area contributed by atoms with Crippen molar-refractivity contribution in [3.8, 4) is 11.3 Å². The van der Waals surface area contributed by atoms with Crippen molar-refractivity contribution < 1.29 is 0 Å². The fraction of sp³-hybridized carbons (Fsp3) is 0.182. The smallest absolute Gasteiger partial charge is 0.251 e. The van der Waals surface area contributed by atoms with Crippen LogP contribution in [0.25, 0.3) is 11.3 Å². The zero-order valence-electron chi connectivity index (χ0n) is 7.72. The molecule has 0 spiro atoms. The van der Waals surface area contributed by atoms with Gasteiger partial charge in [-0.25, -0.2) is 0 Å². The van der Waals surface area contributed by atoms with Crippen LogP contribution in [0.2, 0.25) is 0 Å². The molecule has 0 aromatic carbocycles. The summed E-state index contributed by atoms with van der Waals surface area (Å²) in [4.78, 5) is 14.4. The summed E-state index contributed by atoms with van der Waals surface area (Å²) in [5.74, 6) is 0. The molecule has 1 N–H and O–H groups in total. The van der Waals surface area contributed by atoms with Crippen molar-refractivity contribution in [2.45, 2.75) is 13.8 Å². The van der Waals surface area contributed by atoms with Gasteiger partial charge in [0, 0.05) is 11.3 Å². The minimum Gasteiger partial charge on any atom is -0.322 e. The van der Waals surface area contributed by atoms with Gasteiger partial charge in [-0.2, -0.15) is 0 Å². The highest BCUT2D eigenvalue weighted by Gasteiger charge is 2.03. The molecule has 0 aromatic heterocycles. The first-order valence-corrected chi connectivity index (χ1v) is 4.28. The zero-order chi connectivity index (χ0) is 9.42. The Kier molecular flexibility index (Phi) is 1.69. The Bertz CT molecular complexity index is 470. The van der Waals surface area contributed by atoms with Crippen LogP contribution >= 0.6 is 0 Å². The SMILES string of the molecule is Cc1cc2cccc-2[nH]c(=O)c1C. The summed E-state index contributed by atoms with van der Waals surface area (Å²) >= 11 is 0. The number of hydrogen-bond donors (Lipinski definition) is 1. The van der Waals surface area contributed by atoms with E-state index in [2.05, 4.69) is 4.98 Å². The molecule has 1 aliphatic carbocycles. The van der Waals surface area contributed by atoms with E-state index in [1.165, 1.54) is 0 Å². The van der Waals surface area contributed by atoms with E-state index in [9.17, 15) is 4.79 Å². The number of rotatable bonds is 0. The molecule has 0 aromatic rings. The van der Waals surface area contributed by atoms with Crippen LogP contribution in [0.4, 0.5) is 0 Å². The van der Waals surface area contributed by atoms with Crippen LogP contribution in [0.15, 0.2) is 29.1 Å². The highest BCUT2D eigenvalue weighted by atomic mass is 16.1. The lowest BCUT2D eigenvalue weighted by Crippen LogP contribution is -2.06. The van der Waals surface area contributed by atoms with Crippen molar-refractivity contribution in [1.29, 1.82) is 0 Å². The Labute approximate surface area is 76.6 Å². The molecular formula is C11H11NO. The Hall–Kier alpha value is -1.57. The fourth-order valence-electron chi connectivity index (χ4n) is 1.41. The van der Waals surface area contributed by atoms with E-state index in [1.807, 2.05) is 38.1 Å². The largest absolute Gasteiger partial charge is 0.322 e. The second-order valence-electron chi connectivity index (χ2n) is 3.30. The second kappa shape index (κ2) is 2.73. The number of H-pyrrole nitrogens is 1. The molecule has 1 aliphatic heterocycles.